The molecule has 0 aliphatic carbocycles. The molecule has 0 spiro atoms. The molecule has 1 atom stereocenters. The molecule has 0 aliphatic rings. The van der Waals surface area contributed by atoms with Crippen molar-refractivity contribution >= 4 is 11.3 Å². The molecule has 1 N–H and O–H groups in total. The molecular formula is C14H18N2S. The van der Waals surface area contributed by atoms with Crippen LogP contribution in [0.5, 0.6) is 0 Å². The largest absolute Gasteiger partial charge is 0.308 e. The van der Waals surface area contributed by atoms with Crippen molar-refractivity contribution in [3.8, 4) is 0 Å². The highest BCUT2D eigenvalue weighted by molar-refractivity contribution is 7.09. The molecule has 0 saturated carbocycles. The second-order valence-electron chi connectivity index (χ2n) is 4.54. The van der Waals surface area contributed by atoms with Crippen LogP contribution in [0.2, 0.25) is 0 Å². The summed E-state index contributed by atoms with van der Waals surface area (Å²) in [5, 5.41) is 6.67. The van der Waals surface area contributed by atoms with E-state index in [0.29, 0.717) is 0 Å². The second kappa shape index (κ2) is 4.98. The average Bonchev–Trinajstić information content (AvgIpc) is 2.78. The zero-order chi connectivity index (χ0) is 12.3. The summed E-state index contributed by atoms with van der Waals surface area (Å²) in [4.78, 5) is 4.61. The molecule has 1 heterocycles. The van der Waals surface area contributed by atoms with Crippen LogP contribution in [-0.4, -0.2) is 12.0 Å². The van der Waals surface area contributed by atoms with Crippen molar-refractivity contribution in [2.45, 2.75) is 25.8 Å². The quantitative estimate of drug-likeness (QED) is 0.896. The Morgan fingerprint density at radius 2 is 2.00 bits per heavy atom. The molecule has 0 amide bonds. The van der Waals surface area contributed by atoms with Crippen LogP contribution in [-0.2, 0) is 12.0 Å². The van der Waals surface area contributed by atoms with E-state index >= 15 is 0 Å². The fraction of sp³-hybridized carbons (Fsp3) is 0.357. The predicted octanol–water partition coefficient (Wildman–Crippen LogP) is 3.13. The average molecular weight is 246 g/mol. The van der Waals surface area contributed by atoms with E-state index in [1.165, 1.54) is 5.56 Å². The smallest absolute Gasteiger partial charge is 0.113 e. The zero-order valence-electron chi connectivity index (χ0n) is 10.5. The Morgan fingerprint density at radius 3 is 2.53 bits per heavy atom. The third-order valence-electron chi connectivity index (χ3n) is 3.04. The number of thiazole rings is 1. The highest BCUT2D eigenvalue weighted by atomic mass is 32.1. The number of rotatable bonds is 4. The molecule has 2 rings (SSSR count). The van der Waals surface area contributed by atoms with Gasteiger partial charge in [-0.05, 0) is 32.9 Å². The first-order valence-electron chi connectivity index (χ1n) is 5.79. The Labute approximate surface area is 107 Å². The van der Waals surface area contributed by atoms with Gasteiger partial charge in [-0.2, -0.15) is 0 Å². The van der Waals surface area contributed by atoms with Gasteiger partial charge in [0.05, 0.1) is 5.54 Å². The molecule has 3 heteroatoms. The molecular weight excluding hydrogens is 228 g/mol. The van der Waals surface area contributed by atoms with Crippen molar-refractivity contribution in [2.24, 2.45) is 0 Å². The third kappa shape index (κ3) is 2.73. The molecule has 0 aliphatic heterocycles. The Morgan fingerprint density at radius 1 is 1.29 bits per heavy atom. The topological polar surface area (TPSA) is 24.9 Å². The molecule has 2 nitrogen and oxygen atoms in total. The van der Waals surface area contributed by atoms with Crippen LogP contribution in [0.4, 0.5) is 0 Å². The van der Waals surface area contributed by atoms with Gasteiger partial charge in [0.15, 0.2) is 0 Å². The summed E-state index contributed by atoms with van der Waals surface area (Å²) < 4.78 is 0. The number of aryl methyl sites for hydroxylation is 1. The number of benzene rings is 1. The summed E-state index contributed by atoms with van der Waals surface area (Å²) in [5.74, 6) is 0. The van der Waals surface area contributed by atoms with Gasteiger partial charge in [0.25, 0.3) is 0 Å². The Balaban J connectivity index is 2.26. The lowest BCUT2D eigenvalue weighted by Crippen LogP contribution is -2.38. The normalized spacial score (nSPS) is 14.5. The van der Waals surface area contributed by atoms with E-state index < -0.39 is 0 Å². The fourth-order valence-corrected chi connectivity index (χ4v) is 2.85. The molecule has 0 bridgehead atoms. The molecule has 17 heavy (non-hydrogen) atoms. The van der Waals surface area contributed by atoms with Crippen molar-refractivity contribution in [1.82, 2.24) is 10.3 Å². The SMILES string of the molecule is CNC(C)(Cc1ccccc1)c1nc(C)cs1. The van der Waals surface area contributed by atoms with Crippen LogP contribution in [0.25, 0.3) is 0 Å². The number of hydrogen-bond acceptors (Lipinski definition) is 3. The number of nitrogens with one attached hydrogen (secondary N) is 1. The molecule has 1 unspecified atom stereocenters. The maximum absolute atomic E-state index is 4.61. The minimum atomic E-state index is -0.0831. The lowest BCUT2D eigenvalue weighted by molar-refractivity contribution is 0.395. The van der Waals surface area contributed by atoms with Crippen LogP contribution in [0.15, 0.2) is 35.7 Å². The number of aromatic nitrogens is 1. The lowest BCUT2D eigenvalue weighted by atomic mass is 9.93. The van der Waals surface area contributed by atoms with E-state index in [2.05, 4.69) is 46.9 Å². The number of hydrogen-bond donors (Lipinski definition) is 1. The maximum Gasteiger partial charge on any atom is 0.113 e. The fourth-order valence-electron chi connectivity index (χ4n) is 1.88. The van der Waals surface area contributed by atoms with Crippen molar-refractivity contribution in [2.75, 3.05) is 7.05 Å². The zero-order valence-corrected chi connectivity index (χ0v) is 11.3. The Hall–Kier alpha value is -1.19. The molecule has 1 aromatic carbocycles. The Kier molecular flexibility index (Phi) is 3.60. The van der Waals surface area contributed by atoms with Crippen LogP contribution >= 0.6 is 11.3 Å². The number of nitrogens with zero attached hydrogens (tertiary/aromatic N) is 1. The first kappa shape index (κ1) is 12.3. The molecule has 0 fully saturated rings. The highest BCUT2D eigenvalue weighted by Gasteiger charge is 2.27. The van der Waals surface area contributed by atoms with Crippen molar-refractivity contribution in [1.29, 1.82) is 0 Å². The maximum atomic E-state index is 4.61. The van der Waals surface area contributed by atoms with Gasteiger partial charge in [0.2, 0.25) is 0 Å². The minimum absolute atomic E-state index is 0.0831. The van der Waals surface area contributed by atoms with E-state index in [-0.39, 0.29) is 5.54 Å². The summed E-state index contributed by atoms with van der Waals surface area (Å²) in [5.41, 5.74) is 2.34. The summed E-state index contributed by atoms with van der Waals surface area (Å²) >= 11 is 1.73. The Bertz CT molecular complexity index is 478. The third-order valence-corrected chi connectivity index (χ3v) is 4.27. The predicted molar refractivity (Wildman–Crippen MR) is 73.4 cm³/mol. The van der Waals surface area contributed by atoms with E-state index in [1.807, 2.05) is 20.0 Å². The van der Waals surface area contributed by atoms with Crippen molar-refractivity contribution in [3.05, 3.63) is 52.0 Å². The van der Waals surface area contributed by atoms with E-state index in [1.54, 1.807) is 11.3 Å². The highest BCUT2D eigenvalue weighted by Crippen LogP contribution is 2.27. The molecule has 0 saturated heterocycles. The van der Waals surface area contributed by atoms with Gasteiger partial charge in [-0.1, -0.05) is 30.3 Å². The summed E-state index contributed by atoms with van der Waals surface area (Å²) in [7, 11) is 2.00. The van der Waals surface area contributed by atoms with Crippen LogP contribution in [0.3, 0.4) is 0 Å². The monoisotopic (exact) mass is 246 g/mol. The minimum Gasteiger partial charge on any atom is -0.308 e. The van der Waals surface area contributed by atoms with Crippen molar-refractivity contribution in [3.63, 3.8) is 0 Å². The van der Waals surface area contributed by atoms with E-state index in [4.69, 9.17) is 0 Å². The van der Waals surface area contributed by atoms with Crippen LogP contribution in [0, 0.1) is 6.92 Å². The van der Waals surface area contributed by atoms with Crippen LogP contribution in [0.1, 0.15) is 23.2 Å². The second-order valence-corrected chi connectivity index (χ2v) is 5.40. The molecule has 1 aromatic heterocycles. The lowest BCUT2D eigenvalue weighted by Gasteiger charge is -2.27. The first-order valence-corrected chi connectivity index (χ1v) is 6.67. The number of likely N-dealkylation sites (N-methyl/N-ethyl adjacent to an activating group) is 1. The summed E-state index contributed by atoms with van der Waals surface area (Å²) in [6.07, 6.45) is 0.956. The molecule has 0 radical (unpaired) electrons. The van der Waals surface area contributed by atoms with Crippen molar-refractivity contribution < 1.29 is 0 Å². The first-order chi connectivity index (χ1) is 8.14. The van der Waals surface area contributed by atoms with E-state index in [9.17, 15) is 0 Å². The van der Waals surface area contributed by atoms with E-state index in [0.717, 1.165) is 17.1 Å². The standard InChI is InChI=1S/C14H18N2S/c1-11-10-17-13(16-11)14(2,15-3)9-12-7-5-4-6-8-12/h4-8,10,15H,9H2,1-3H3. The van der Waals surface area contributed by atoms with Gasteiger partial charge in [0, 0.05) is 11.1 Å². The van der Waals surface area contributed by atoms with Gasteiger partial charge in [-0.3, -0.25) is 0 Å². The van der Waals surface area contributed by atoms with Gasteiger partial charge in [-0.25, -0.2) is 4.98 Å². The molecule has 2 aromatic rings. The summed E-state index contributed by atoms with van der Waals surface area (Å²) in [6.45, 7) is 4.25. The summed E-state index contributed by atoms with van der Waals surface area (Å²) in [6, 6.07) is 10.5. The van der Waals surface area contributed by atoms with Gasteiger partial charge < -0.3 is 5.32 Å². The van der Waals surface area contributed by atoms with Gasteiger partial charge >= 0.3 is 0 Å². The molecule has 90 valence electrons. The van der Waals surface area contributed by atoms with Crippen LogP contribution < -0.4 is 5.32 Å². The van der Waals surface area contributed by atoms with Gasteiger partial charge in [-0.15, -0.1) is 11.3 Å². The van der Waals surface area contributed by atoms with Gasteiger partial charge in [0.1, 0.15) is 5.01 Å².